The predicted octanol–water partition coefficient (Wildman–Crippen LogP) is 1.58. The molecule has 0 radical (unpaired) electrons. The Morgan fingerprint density at radius 1 is 1.53 bits per heavy atom. The summed E-state index contributed by atoms with van der Waals surface area (Å²) < 4.78 is 5.12. The molecule has 0 bridgehead atoms. The van der Waals surface area contributed by atoms with Crippen LogP contribution in [-0.4, -0.2) is 23.5 Å². The van der Waals surface area contributed by atoms with E-state index in [4.69, 9.17) is 10.5 Å². The molecule has 0 spiro atoms. The Balaban J connectivity index is 3.17. The Bertz CT molecular complexity index is 386. The normalized spacial score (nSPS) is 11.5. The molecule has 15 heavy (non-hydrogen) atoms. The first-order valence-electron chi connectivity index (χ1n) is 4.70. The highest BCUT2D eigenvalue weighted by Crippen LogP contribution is 2.20. The molecule has 1 heterocycles. The van der Waals surface area contributed by atoms with Crippen molar-refractivity contribution in [3.63, 3.8) is 0 Å². The number of anilines is 1. The lowest BCUT2D eigenvalue weighted by Crippen LogP contribution is -2.34. The van der Waals surface area contributed by atoms with E-state index >= 15 is 0 Å². The van der Waals surface area contributed by atoms with Crippen molar-refractivity contribution in [1.29, 1.82) is 0 Å². The number of rotatable bonds is 3. The lowest BCUT2D eigenvalue weighted by atomic mass is 9.96. The van der Waals surface area contributed by atoms with Crippen molar-refractivity contribution in [3.05, 3.63) is 23.4 Å². The SMILES string of the molecule is COC(C)(C)C(=O)c1cc(C)cnc1N. The van der Waals surface area contributed by atoms with E-state index in [0.29, 0.717) is 5.56 Å². The van der Waals surface area contributed by atoms with Gasteiger partial charge in [-0.1, -0.05) is 0 Å². The number of methoxy groups -OCH3 is 1. The first kappa shape index (κ1) is 11.7. The van der Waals surface area contributed by atoms with E-state index in [1.807, 2.05) is 6.92 Å². The van der Waals surface area contributed by atoms with E-state index in [0.717, 1.165) is 5.56 Å². The van der Waals surface area contributed by atoms with Gasteiger partial charge in [-0.15, -0.1) is 0 Å². The van der Waals surface area contributed by atoms with Crippen molar-refractivity contribution >= 4 is 11.6 Å². The zero-order chi connectivity index (χ0) is 11.6. The first-order chi connectivity index (χ1) is 6.88. The molecule has 1 rings (SSSR count). The summed E-state index contributed by atoms with van der Waals surface area (Å²) in [7, 11) is 1.50. The fraction of sp³-hybridized carbons (Fsp3) is 0.455. The summed E-state index contributed by atoms with van der Waals surface area (Å²) in [5.74, 6) is 0.0921. The van der Waals surface area contributed by atoms with Gasteiger partial charge >= 0.3 is 0 Å². The molecule has 0 aliphatic carbocycles. The standard InChI is InChI=1S/C11H16N2O2/c1-7-5-8(10(12)13-6-7)9(14)11(2,3)15-4/h5-6H,1-4H3,(H2,12,13). The van der Waals surface area contributed by atoms with Gasteiger partial charge in [0.2, 0.25) is 0 Å². The van der Waals surface area contributed by atoms with Crippen LogP contribution in [-0.2, 0) is 4.74 Å². The number of aryl methyl sites for hydroxylation is 1. The molecule has 0 aromatic carbocycles. The summed E-state index contributed by atoms with van der Waals surface area (Å²) in [5, 5.41) is 0. The van der Waals surface area contributed by atoms with Gasteiger partial charge in [0.05, 0.1) is 5.56 Å². The van der Waals surface area contributed by atoms with E-state index in [-0.39, 0.29) is 11.6 Å². The Morgan fingerprint density at radius 2 is 2.13 bits per heavy atom. The molecule has 0 saturated carbocycles. The van der Waals surface area contributed by atoms with Crippen molar-refractivity contribution in [2.45, 2.75) is 26.4 Å². The molecule has 0 atom stereocenters. The summed E-state index contributed by atoms with van der Waals surface area (Å²) >= 11 is 0. The molecule has 0 unspecified atom stereocenters. The lowest BCUT2D eigenvalue weighted by Gasteiger charge is -2.21. The number of aromatic nitrogens is 1. The zero-order valence-electron chi connectivity index (χ0n) is 9.50. The smallest absolute Gasteiger partial charge is 0.197 e. The molecule has 0 fully saturated rings. The number of nitrogen functional groups attached to an aromatic ring is 1. The summed E-state index contributed by atoms with van der Waals surface area (Å²) in [6.45, 7) is 5.28. The van der Waals surface area contributed by atoms with Crippen LogP contribution < -0.4 is 5.73 Å². The van der Waals surface area contributed by atoms with Crippen molar-refractivity contribution in [1.82, 2.24) is 4.98 Å². The number of carbonyl (C=O) groups is 1. The molecular weight excluding hydrogens is 192 g/mol. The molecule has 4 nitrogen and oxygen atoms in total. The van der Waals surface area contributed by atoms with Gasteiger partial charge in [0.15, 0.2) is 5.78 Å². The molecule has 1 aromatic rings. The van der Waals surface area contributed by atoms with Gasteiger partial charge in [-0.25, -0.2) is 4.98 Å². The molecule has 0 amide bonds. The molecule has 1 aromatic heterocycles. The third-order valence-corrected chi connectivity index (χ3v) is 2.36. The minimum atomic E-state index is -0.871. The number of hydrogen-bond acceptors (Lipinski definition) is 4. The van der Waals surface area contributed by atoms with Gasteiger partial charge in [0.25, 0.3) is 0 Å². The quantitative estimate of drug-likeness (QED) is 0.766. The second kappa shape index (κ2) is 3.98. The molecule has 2 N–H and O–H groups in total. The average molecular weight is 208 g/mol. The number of nitrogens with zero attached hydrogens (tertiary/aromatic N) is 1. The van der Waals surface area contributed by atoms with Crippen LogP contribution in [0.25, 0.3) is 0 Å². The second-order valence-electron chi connectivity index (χ2n) is 3.99. The van der Waals surface area contributed by atoms with Crippen LogP contribution in [0.2, 0.25) is 0 Å². The van der Waals surface area contributed by atoms with Gasteiger partial charge in [-0.3, -0.25) is 4.79 Å². The monoisotopic (exact) mass is 208 g/mol. The number of nitrogens with two attached hydrogens (primary N) is 1. The fourth-order valence-corrected chi connectivity index (χ4v) is 1.18. The third-order valence-electron chi connectivity index (χ3n) is 2.36. The molecular formula is C11H16N2O2. The lowest BCUT2D eigenvalue weighted by molar-refractivity contribution is 0.0228. The molecule has 0 saturated heterocycles. The van der Waals surface area contributed by atoms with Gasteiger partial charge in [0.1, 0.15) is 11.4 Å². The number of Topliss-reactive ketones (excluding diaryl/α,β-unsaturated/α-hetero) is 1. The number of hydrogen-bond donors (Lipinski definition) is 1. The van der Waals surface area contributed by atoms with Crippen molar-refractivity contribution in [2.75, 3.05) is 12.8 Å². The Morgan fingerprint density at radius 3 is 2.67 bits per heavy atom. The fourth-order valence-electron chi connectivity index (χ4n) is 1.18. The highest BCUT2D eigenvalue weighted by molar-refractivity contribution is 6.05. The van der Waals surface area contributed by atoms with Gasteiger partial charge in [-0.2, -0.15) is 0 Å². The van der Waals surface area contributed by atoms with Crippen molar-refractivity contribution in [3.8, 4) is 0 Å². The van der Waals surface area contributed by atoms with Crippen LogP contribution in [0.4, 0.5) is 5.82 Å². The predicted molar refractivity (Wildman–Crippen MR) is 58.8 cm³/mol. The summed E-state index contributed by atoms with van der Waals surface area (Å²) in [6.07, 6.45) is 1.63. The maximum Gasteiger partial charge on any atom is 0.197 e. The van der Waals surface area contributed by atoms with Gasteiger partial charge in [0, 0.05) is 13.3 Å². The Labute approximate surface area is 89.5 Å². The van der Waals surface area contributed by atoms with E-state index in [1.165, 1.54) is 7.11 Å². The largest absolute Gasteiger partial charge is 0.383 e. The van der Waals surface area contributed by atoms with Crippen LogP contribution in [0.5, 0.6) is 0 Å². The summed E-state index contributed by atoms with van der Waals surface area (Å²) in [4.78, 5) is 16.0. The third kappa shape index (κ3) is 2.33. The van der Waals surface area contributed by atoms with E-state index in [9.17, 15) is 4.79 Å². The molecule has 0 aliphatic heterocycles. The minimum absolute atomic E-state index is 0.154. The van der Waals surface area contributed by atoms with Crippen LogP contribution in [0.1, 0.15) is 29.8 Å². The minimum Gasteiger partial charge on any atom is -0.383 e. The Kier molecular flexibility index (Phi) is 3.09. The maximum absolute atomic E-state index is 12.0. The number of ether oxygens (including phenoxy) is 1. The molecule has 82 valence electrons. The summed E-state index contributed by atoms with van der Waals surface area (Å²) in [5.41, 5.74) is 6.10. The van der Waals surface area contributed by atoms with E-state index < -0.39 is 5.60 Å². The highest BCUT2D eigenvalue weighted by Gasteiger charge is 2.29. The number of pyridine rings is 1. The highest BCUT2D eigenvalue weighted by atomic mass is 16.5. The number of ketones is 1. The second-order valence-corrected chi connectivity index (χ2v) is 3.99. The topological polar surface area (TPSA) is 65.2 Å². The maximum atomic E-state index is 12.0. The van der Waals surface area contributed by atoms with Crippen LogP contribution >= 0.6 is 0 Å². The zero-order valence-corrected chi connectivity index (χ0v) is 9.50. The number of carbonyl (C=O) groups excluding carboxylic acids is 1. The van der Waals surface area contributed by atoms with E-state index in [2.05, 4.69) is 4.98 Å². The molecule has 0 aliphatic rings. The first-order valence-corrected chi connectivity index (χ1v) is 4.70. The van der Waals surface area contributed by atoms with Crippen LogP contribution in [0, 0.1) is 6.92 Å². The van der Waals surface area contributed by atoms with E-state index in [1.54, 1.807) is 26.1 Å². The average Bonchev–Trinajstić information content (AvgIpc) is 2.20. The van der Waals surface area contributed by atoms with Gasteiger partial charge in [-0.05, 0) is 32.4 Å². The van der Waals surface area contributed by atoms with Gasteiger partial charge < -0.3 is 10.5 Å². The van der Waals surface area contributed by atoms with Crippen molar-refractivity contribution < 1.29 is 9.53 Å². The van der Waals surface area contributed by atoms with Crippen LogP contribution in [0.3, 0.4) is 0 Å². The molecule has 4 heteroatoms. The van der Waals surface area contributed by atoms with Crippen LogP contribution in [0.15, 0.2) is 12.3 Å². The summed E-state index contributed by atoms with van der Waals surface area (Å²) in [6, 6.07) is 1.73. The Hall–Kier alpha value is -1.42. The van der Waals surface area contributed by atoms with Crippen molar-refractivity contribution in [2.24, 2.45) is 0 Å².